The highest BCUT2D eigenvalue weighted by atomic mass is 16.5. The highest BCUT2D eigenvalue weighted by molar-refractivity contribution is 6.12. The average Bonchev–Trinajstić information content (AvgIpc) is 3.16. The van der Waals surface area contributed by atoms with E-state index in [9.17, 15) is 9.59 Å². The van der Waals surface area contributed by atoms with Gasteiger partial charge in [0.25, 0.3) is 0 Å². The van der Waals surface area contributed by atoms with Gasteiger partial charge in [-0.2, -0.15) is 0 Å². The molecule has 0 N–H and O–H groups in total. The number of fused-ring (bicyclic) bond motifs is 2. The van der Waals surface area contributed by atoms with Crippen molar-refractivity contribution < 1.29 is 28.5 Å². The van der Waals surface area contributed by atoms with Gasteiger partial charge >= 0.3 is 5.97 Å². The van der Waals surface area contributed by atoms with Crippen molar-refractivity contribution in [1.29, 1.82) is 0 Å². The van der Waals surface area contributed by atoms with E-state index in [4.69, 9.17) is 18.9 Å². The molecule has 6 nitrogen and oxygen atoms in total. The number of methoxy groups -OCH3 is 1. The summed E-state index contributed by atoms with van der Waals surface area (Å²) >= 11 is 0. The molecule has 33 heavy (non-hydrogen) atoms. The van der Waals surface area contributed by atoms with E-state index in [0.717, 1.165) is 22.4 Å². The Balaban J connectivity index is 1.28. The van der Waals surface area contributed by atoms with Crippen LogP contribution in [-0.2, 0) is 11.3 Å². The van der Waals surface area contributed by atoms with Gasteiger partial charge in [-0.3, -0.25) is 4.79 Å². The Morgan fingerprint density at radius 3 is 2.67 bits per heavy atom. The molecule has 0 amide bonds. The van der Waals surface area contributed by atoms with E-state index in [1.165, 1.54) is 7.11 Å². The fourth-order valence-corrected chi connectivity index (χ4v) is 3.66. The van der Waals surface area contributed by atoms with Gasteiger partial charge in [-0.1, -0.05) is 30.3 Å². The Kier molecular flexibility index (Phi) is 5.40. The smallest absolute Gasteiger partial charge is 0.337 e. The first kappa shape index (κ1) is 20.6. The fraction of sp³-hybridized carbons (Fsp3) is 0.111. The minimum absolute atomic E-state index is 0.172. The molecule has 0 aromatic heterocycles. The number of para-hydroxylation sites is 1. The Morgan fingerprint density at radius 2 is 1.85 bits per heavy atom. The third-order valence-corrected chi connectivity index (χ3v) is 5.39. The second-order valence-corrected chi connectivity index (χ2v) is 7.62. The first-order valence-electron chi connectivity index (χ1n) is 10.4. The van der Waals surface area contributed by atoms with E-state index in [0.29, 0.717) is 35.8 Å². The van der Waals surface area contributed by atoms with Crippen LogP contribution in [0.1, 0.15) is 31.8 Å². The molecule has 3 aromatic carbocycles. The summed E-state index contributed by atoms with van der Waals surface area (Å²) < 4.78 is 22.1. The number of Topliss-reactive ketones (excluding diaryl/α,β-unsaturated/α-hetero) is 1. The lowest BCUT2D eigenvalue weighted by atomic mass is 10.1. The summed E-state index contributed by atoms with van der Waals surface area (Å²) in [4.78, 5) is 24.3. The molecular formula is C27H20O6. The van der Waals surface area contributed by atoms with Crippen LogP contribution in [0.25, 0.3) is 6.08 Å². The van der Waals surface area contributed by atoms with E-state index in [2.05, 4.69) is 0 Å². The van der Waals surface area contributed by atoms with Crippen LogP contribution in [0.2, 0.25) is 0 Å². The number of hydrogen-bond acceptors (Lipinski definition) is 6. The molecule has 0 aliphatic carbocycles. The van der Waals surface area contributed by atoms with Crippen LogP contribution in [0.4, 0.5) is 0 Å². The Bertz CT molecular complexity index is 1300. The highest BCUT2D eigenvalue weighted by Crippen LogP contribution is 2.35. The minimum atomic E-state index is -0.383. The van der Waals surface area contributed by atoms with Crippen molar-refractivity contribution in [3.63, 3.8) is 0 Å². The molecule has 0 spiro atoms. The summed E-state index contributed by atoms with van der Waals surface area (Å²) in [5.41, 5.74) is 3.69. The summed E-state index contributed by atoms with van der Waals surface area (Å²) in [6.45, 7) is 0.678. The number of benzene rings is 3. The van der Waals surface area contributed by atoms with Crippen LogP contribution in [0, 0.1) is 0 Å². The van der Waals surface area contributed by atoms with Crippen LogP contribution < -0.4 is 14.2 Å². The maximum absolute atomic E-state index is 12.8. The number of ether oxygens (including phenoxy) is 4. The lowest BCUT2D eigenvalue weighted by Crippen LogP contribution is -2.08. The summed E-state index contributed by atoms with van der Waals surface area (Å²) in [5, 5.41) is 0. The van der Waals surface area contributed by atoms with Gasteiger partial charge in [0.15, 0.2) is 5.76 Å². The van der Waals surface area contributed by atoms with Gasteiger partial charge in [0, 0.05) is 11.6 Å². The van der Waals surface area contributed by atoms with Gasteiger partial charge in [0.05, 0.1) is 18.2 Å². The largest absolute Gasteiger partial charge is 0.489 e. The SMILES string of the molecule is COC(=O)c1ccc(COc2ccc3c(c2)O/C(=C\C2=Cc4ccccc4OC2)C3=O)cc1. The minimum Gasteiger partial charge on any atom is -0.489 e. The third-order valence-electron chi connectivity index (χ3n) is 5.39. The Hall–Kier alpha value is -4.32. The quantitative estimate of drug-likeness (QED) is 0.411. The van der Waals surface area contributed by atoms with E-state index >= 15 is 0 Å². The second kappa shape index (κ2) is 8.67. The van der Waals surface area contributed by atoms with Crippen LogP contribution >= 0.6 is 0 Å². The Morgan fingerprint density at radius 1 is 1.03 bits per heavy atom. The molecule has 6 heteroatoms. The molecule has 3 aromatic rings. The topological polar surface area (TPSA) is 71.1 Å². The zero-order valence-electron chi connectivity index (χ0n) is 17.9. The molecule has 0 unspecified atom stereocenters. The van der Waals surface area contributed by atoms with Crippen LogP contribution in [0.5, 0.6) is 17.2 Å². The van der Waals surface area contributed by atoms with Crippen molar-refractivity contribution in [2.75, 3.05) is 13.7 Å². The van der Waals surface area contributed by atoms with Gasteiger partial charge in [0.1, 0.15) is 30.5 Å². The van der Waals surface area contributed by atoms with Crippen LogP contribution in [-0.4, -0.2) is 25.5 Å². The van der Waals surface area contributed by atoms with Crippen molar-refractivity contribution in [3.8, 4) is 17.2 Å². The molecular weight excluding hydrogens is 420 g/mol. The summed E-state index contributed by atoms with van der Waals surface area (Å²) in [5.74, 6) is 1.57. The molecule has 0 radical (unpaired) electrons. The molecule has 2 aliphatic rings. The van der Waals surface area contributed by atoms with Gasteiger partial charge in [-0.05, 0) is 53.6 Å². The van der Waals surface area contributed by atoms with E-state index in [-0.39, 0.29) is 17.5 Å². The van der Waals surface area contributed by atoms with E-state index in [1.807, 2.05) is 30.3 Å². The maximum Gasteiger partial charge on any atom is 0.337 e. The lowest BCUT2D eigenvalue weighted by molar-refractivity contribution is 0.0600. The molecule has 5 rings (SSSR count). The normalized spacial score (nSPS) is 15.1. The second-order valence-electron chi connectivity index (χ2n) is 7.62. The van der Waals surface area contributed by atoms with Crippen LogP contribution in [0.15, 0.2) is 84.1 Å². The van der Waals surface area contributed by atoms with Crippen molar-refractivity contribution in [2.24, 2.45) is 0 Å². The molecule has 164 valence electrons. The Labute approximate surface area is 190 Å². The number of allylic oxidation sites excluding steroid dienone is 1. The van der Waals surface area contributed by atoms with Crippen molar-refractivity contribution in [2.45, 2.75) is 6.61 Å². The first-order valence-corrected chi connectivity index (χ1v) is 10.4. The molecule has 0 fully saturated rings. The average molecular weight is 440 g/mol. The molecule has 0 saturated carbocycles. The fourth-order valence-electron chi connectivity index (χ4n) is 3.66. The van der Waals surface area contributed by atoms with Crippen LogP contribution in [0.3, 0.4) is 0 Å². The van der Waals surface area contributed by atoms with Crippen molar-refractivity contribution in [3.05, 3.63) is 106 Å². The first-order chi connectivity index (χ1) is 16.1. The standard InChI is InChI=1S/C27H20O6/c1-30-27(29)19-8-6-17(7-9-19)15-31-21-10-11-22-24(14-21)33-25(26(22)28)13-18-12-20-4-2-3-5-23(20)32-16-18/h2-14H,15-16H2,1H3/b25-13-. The zero-order valence-corrected chi connectivity index (χ0v) is 17.9. The molecule has 2 aliphatic heterocycles. The number of carbonyl (C=O) groups is 2. The lowest BCUT2D eigenvalue weighted by Gasteiger charge is -2.15. The summed E-state index contributed by atoms with van der Waals surface area (Å²) in [7, 11) is 1.35. The number of carbonyl (C=O) groups excluding carboxylic acids is 2. The predicted octanol–water partition coefficient (Wildman–Crippen LogP) is 4.99. The number of esters is 1. The van der Waals surface area contributed by atoms with Gasteiger partial charge < -0.3 is 18.9 Å². The van der Waals surface area contributed by atoms with Gasteiger partial charge in [-0.25, -0.2) is 4.79 Å². The van der Waals surface area contributed by atoms with E-state index < -0.39 is 0 Å². The molecule has 0 bridgehead atoms. The third kappa shape index (κ3) is 4.23. The van der Waals surface area contributed by atoms with Gasteiger partial charge in [0.2, 0.25) is 5.78 Å². The maximum atomic E-state index is 12.8. The van der Waals surface area contributed by atoms with Crippen molar-refractivity contribution >= 4 is 17.8 Å². The number of hydrogen-bond donors (Lipinski definition) is 0. The number of ketones is 1. The predicted molar refractivity (Wildman–Crippen MR) is 122 cm³/mol. The number of rotatable bonds is 5. The summed E-state index contributed by atoms with van der Waals surface area (Å²) in [6, 6.07) is 19.9. The monoisotopic (exact) mass is 440 g/mol. The van der Waals surface area contributed by atoms with Gasteiger partial charge in [-0.15, -0.1) is 0 Å². The summed E-state index contributed by atoms with van der Waals surface area (Å²) in [6.07, 6.45) is 3.72. The zero-order chi connectivity index (χ0) is 22.8. The molecule has 2 heterocycles. The molecule has 0 atom stereocenters. The molecule has 0 saturated heterocycles. The van der Waals surface area contributed by atoms with E-state index in [1.54, 1.807) is 48.5 Å². The van der Waals surface area contributed by atoms with Crippen molar-refractivity contribution in [1.82, 2.24) is 0 Å². The highest BCUT2D eigenvalue weighted by Gasteiger charge is 2.28.